The molecular formula is C121H250N10O6. The van der Waals surface area contributed by atoms with E-state index in [1.165, 1.54) is 494 Å². The number of aliphatic hydroxyl groups excluding tert-OH is 3. The molecular weight excluding hydrogens is 1690 g/mol. The van der Waals surface area contributed by atoms with Crippen LogP contribution < -0.4 is 37.2 Å². The van der Waals surface area contributed by atoms with Crippen molar-refractivity contribution in [1.29, 1.82) is 0 Å². The molecule has 0 radical (unpaired) electrons. The molecule has 0 aromatic rings. The summed E-state index contributed by atoms with van der Waals surface area (Å²) in [5, 5.41) is 56.9. The van der Waals surface area contributed by atoms with E-state index in [0.29, 0.717) is 52.0 Å². The molecule has 0 aliphatic heterocycles. The van der Waals surface area contributed by atoms with Crippen LogP contribution in [0.25, 0.3) is 0 Å². The van der Waals surface area contributed by atoms with E-state index in [0.717, 1.165) is 150 Å². The molecule has 0 saturated carbocycles. The van der Waals surface area contributed by atoms with Gasteiger partial charge in [-0.05, 0) is 162 Å². The molecule has 0 heterocycles. The summed E-state index contributed by atoms with van der Waals surface area (Å²) >= 11 is 0. The van der Waals surface area contributed by atoms with Crippen LogP contribution in [-0.2, 0) is 14.4 Å². The monoisotopic (exact) mass is 1940 g/mol. The van der Waals surface area contributed by atoms with Crippen LogP contribution in [0, 0.1) is 0 Å². The number of hydrogen-bond donors (Lipinski definition) is 10. The van der Waals surface area contributed by atoms with Gasteiger partial charge in [-0.25, -0.2) is 0 Å². The van der Waals surface area contributed by atoms with E-state index in [-0.39, 0.29) is 23.8 Å². The Labute approximate surface area is 857 Å². The first-order chi connectivity index (χ1) is 67.5. The molecule has 16 nitrogen and oxygen atoms in total. The average molecular weight is 1940 g/mol. The standard InChI is InChI=1S/C70H144N6O4.C51H106N4O2/c1-5-9-13-17-21-25-29-31-35-39-43-47-59-75(65-67(77)63-71-55-51-53-69(79)73-57-45-41-37-33-27-23-19-15-11-7-3)61-49-50-62-76(60-48-44-40-36-32-30-26-22-18-14-10-6-2)66-68(78)64-72-56-52-54-70(80)74-58-46-42-38-34-28-24-20-16-12-8-4;1-4-7-10-13-16-19-22-24-26-29-32-35-42-52-43-37-39-47-55(46-38-34-31-28-25-23-20-17-14-11-8-5-2)49-50(56)48-53-44-40-41-51(57)54-45-36-33-30-27-21-18-15-12-9-6-3/h67-68,71-72,77-78H,5-66H2,1-4H3,(H,73,79)(H,74,80);50,52-53,56H,4-49H2,1-3H3,(H,54,57). The van der Waals surface area contributed by atoms with Crippen molar-refractivity contribution in [2.45, 2.75) is 632 Å². The normalized spacial score (nSPS) is 12.4. The SMILES string of the molecule is CCCCCCCCCCCCCCN(CCCCN(CCCCCCCCCCCCCC)CC(O)CNCCCC(=O)NCCCCCCCCCCCC)CC(O)CNCCCC(=O)NCCCCCCCCCCCC.CCCCCCCCCCCCCCNCCCCN(CCCCCCCCCCCCCC)CC(O)CNCCCC(=O)NCCCCCCCCCCCC. The fourth-order valence-corrected chi connectivity index (χ4v) is 19.7. The number of nitrogens with one attached hydrogen (secondary N) is 7. The Morgan fingerprint density at radius 1 is 0.168 bits per heavy atom. The van der Waals surface area contributed by atoms with E-state index in [1.54, 1.807) is 0 Å². The van der Waals surface area contributed by atoms with Crippen molar-refractivity contribution < 1.29 is 29.7 Å². The summed E-state index contributed by atoms with van der Waals surface area (Å²) < 4.78 is 0. The third-order valence-electron chi connectivity index (χ3n) is 28.8. The third kappa shape index (κ3) is 117. The lowest BCUT2D eigenvalue weighted by Crippen LogP contribution is -2.41. The molecule has 0 aliphatic carbocycles. The number of hydrogen-bond acceptors (Lipinski definition) is 13. The van der Waals surface area contributed by atoms with Gasteiger partial charge < -0.3 is 67.2 Å². The van der Waals surface area contributed by atoms with Crippen molar-refractivity contribution in [2.75, 3.05) is 131 Å². The van der Waals surface area contributed by atoms with Gasteiger partial charge in [-0.2, -0.15) is 0 Å². The minimum Gasteiger partial charge on any atom is -0.390 e. The molecule has 820 valence electrons. The topological polar surface area (TPSA) is 206 Å². The number of carbonyl (C=O) groups is 3. The van der Waals surface area contributed by atoms with E-state index < -0.39 is 12.2 Å². The first-order valence-electron chi connectivity index (χ1n) is 62.3. The van der Waals surface area contributed by atoms with Gasteiger partial charge in [0.15, 0.2) is 0 Å². The predicted molar refractivity (Wildman–Crippen MR) is 604 cm³/mol. The van der Waals surface area contributed by atoms with E-state index in [2.05, 4.69) is 100 Å². The predicted octanol–water partition coefficient (Wildman–Crippen LogP) is 31.1. The van der Waals surface area contributed by atoms with E-state index in [9.17, 15) is 29.7 Å². The van der Waals surface area contributed by atoms with Gasteiger partial charge in [0.2, 0.25) is 17.7 Å². The lowest BCUT2D eigenvalue weighted by Gasteiger charge is -2.27. The van der Waals surface area contributed by atoms with Crippen LogP contribution >= 0.6 is 0 Å². The Morgan fingerprint density at radius 2 is 0.299 bits per heavy atom. The van der Waals surface area contributed by atoms with E-state index >= 15 is 0 Å². The zero-order valence-electron chi connectivity index (χ0n) is 94.0. The van der Waals surface area contributed by atoms with Crippen LogP contribution in [0.2, 0.25) is 0 Å². The largest absolute Gasteiger partial charge is 0.390 e. The molecule has 10 N–H and O–H groups in total. The number of carbonyl (C=O) groups excluding carboxylic acids is 3. The first-order valence-corrected chi connectivity index (χ1v) is 62.3. The van der Waals surface area contributed by atoms with Crippen LogP contribution in [0.1, 0.15) is 613 Å². The number of rotatable bonds is 119. The van der Waals surface area contributed by atoms with Crippen molar-refractivity contribution in [3.8, 4) is 0 Å². The average Bonchev–Trinajstić information content (AvgIpc) is 0.979. The van der Waals surface area contributed by atoms with Gasteiger partial charge in [0.25, 0.3) is 0 Å². The molecule has 0 aromatic carbocycles. The van der Waals surface area contributed by atoms with Crippen LogP contribution in [0.4, 0.5) is 0 Å². The van der Waals surface area contributed by atoms with Crippen molar-refractivity contribution in [3.63, 3.8) is 0 Å². The van der Waals surface area contributed by atoms with E-state index in [1.807, 2.05) is 0 Å². The Morgan fingerprint density at radius 3 is 0.482 bits per heavy atom. The molecule has 137 heavy (non-hydrogen) atoms. The number of nitrogens with zero attached hydrogens (tertiary/aromatic N) is 3. The molecule has 0 aliphatic rings. The van der Waals surface area contributed by atoms with E-state index in [4.69, 9.17) is 0 Å². The van der Waals surface area contributed by atoms with Crippen molar-refractivity contribution in [3.05, 3.63) is 0 Å². The maximum Gasteiger partial charge on any atom is 0.220 e. The molecule has 3 unspecified atom stereocenters. The van der Waals surface area contributed by atoms with Crippen LogP contribution in [0.3, 0.4) is 0 Å². The molecule has 0 rings (SSSR count). The minimum absolute atomic E-state index is 0.151. The third-order valence-corrected chi connectivity index (χ3v) is 28.8. The summed E-state index contributed by atoms with van der Waals surface area (Å²) in [6.07, 6.45) is 112. The van der Waals surface area contributed by atoms with Crippen LogP contribution in [0.15, 0.2) is 0 Å². The smallest absolute Gasteiger partial charge is 0.220 e. The van der Waals surface area contributed by atoms with Crippen molar-refractivity contribution in [2.24, 2.45) is 0 Å². The van der Waals surface area contributed by atoms with Gasteiger partial charge in [-0.15, -0.1) is 0 Å². The maximum atomic E-state index is 12.5. The Hall–Kier alpha value is -1.99. The summed E-state index contributed by atoms with van der Waals surface area (Å²) in [6, 6.07) is 0. The second-order valence-electron chi connectivity index (χ2n) is 43.1. The van der Waals surface area contributed by atoms with Crippen molar-refractivity contribution in [1.82, 2.24) is 51.9 Å². The van der Waals surface area contributed by atoms with Gasteiger partial charge in [-0.3, -0.25) is 14.4 Å². The lowest BCUT2D eigenvalue weighted by molar-refractivity contribution is -0.122. The fraction of sp³-hybridized carbons (Fsp3) is 0.975. The molecule has 0 spiro atoms. The summed E-state index contributed by atoms with van der Waals surface area (Å²) in [6.45, 7) is 33.0. The van der Waals surface area contributed by atoms with Crippen LogP contribution in [-0.4, -0.2) is 197 Å². The highest BCUT2D eigenvalue weighted by Gasteiger charge is 2.18. The van der Waals surface area contributed by atoms with Gasteiger partial charge >= 0.3 is 0 Å². The number of amides is 3. The highest BCUT2D eigenvalue weighted by atomic mass is 16.3. The second kappa shape index (κ2) is 121. The van der Waals surface area contributed by atoms with Crippen LogP contribution in [0.5, 0.6) is 0 Å². The summed E-state index contributed by atoms with van der Waals surface area (Å²) in [7, 11) is 0. The minimum atomic E-state index is -0.439. The molecule has 0 saturated heterocycles. The number of aliphatic hydroxyl groups is 3. The summed E-state index contributed by atoms with van der Waals surface area (Å²) in [5.74, 6) is 0.473. The maximum absolute atomic E-state index is 12.5. The zero-order chi connectivity index (χ0) is 99.5. The molecule has 3 amide bonds. The fourth-order valence-electron chi connectivity index (χ4n) is 19.7. The summed E-state index contributed by atoms with van der Waals surface area (Å²) in [4.78, 5) is 44.8. The zero-order valence-corrected chi connectivity index (χ0v) is 94.0. The highest BCUT2D eigenvalue weighted by molar-refractivity contribution is 5.76. The molecule has 0 aromatic heterocycles. The quantitative estimate of drug-likeness (QED) is 0.0258. The van der Waals surface area contributed by atoms with Gasteiger partial charge in [-0.1, -0.05) is 504 Å². The highest BCUT2D eigenvalue weighted by Crippen LogP contribution is 2.21. The molecule has 0 bridgehead atoms. The second-order valence-corrected chi connectivity index (χ2v) is 43.1. The number of unbranched alkanes of at least 4 members (excludes halogenated alkanes) is 73. The Balaban J connectivity index is 0. The first kappa shape index (κ1) is 137. The van der Waals surface area contributed by atoms with Gasteiger partial charge in [0.1, 0.15) is 0 Å². The van der Waals surface area contributed by atoms with Gasteiger partial charge in [0.05, 0.1) is 18.3 Å². The van der Waals surface area contributed by atoms with Crippen molar-refractivity contribution >= 4 is 17.7 Å². The Bertz CT molecular complexity index is 2170. The molecule has 16 heteroatoms. The molecule has 0 fully saturated rings. The van der Waals surface area contributed by atoms with Gasteiger partial charge in [0, 0.05) is 78.2 Å². The lowest BCUT2D eigenvalue weighted by atomic mass is 10.1. The Kier molecular flexibility index (Phi) is 121. The molecule has 3 atom stereocenters. The summed E-state index contributed by atoms with van der Waals surface area (Å²) in [5.41, 5.74) is 0.